The van der Waals surface area contributed by atoms with Crippen LogP contribution in [-0.2, 0) is 12.8 Å². The van der Waals surface area contributed by atoms with Gasteiger partial charge in [-0.3, -0.25) is 4.79 Å². The molecule has 0 saturated heterocycles. The molecule has 1 aliphatic carbocycles. The van der Waals surface area contributed by atoms with Crippen molar-refractivity contribution >= 4 is 10.9 Å². The Labute approximate surface area is 116 Å². The fourth-order valence-corrected chi connectivity index (χ4v) is 2.93. The summed E-state index contributed by atoms with van der Waals surface area (Å²) in [5.74, 6) is 1.43. The van der Waals surface area contributed by atoms with Crippen molar-refractivity contribution in [3.8, 4) is 17.2 Å². The van der Waals surface area contributed by atoms with Gasteiger partial charge in [0.1, 0.15) is 0 Å². The number of methoxy groups -OCH3 is 3. The van der Waals surface area contributed by atoms with Crippen molar-refractivity contribution in [2.75, 3.05) is 21.3 Å². The zero-order chi connectivity index (χ0) is 14.3. The van der Waals surface area contributed by atoms with Gasteiger partial charge in [-0.25, -0.2) is 0 Å². The molecule has 106 valence electrons. The van der Waals surface area contributed by atoms with Gasteiger partial charge in [0.05, 0.1) is 32.2 Å². The van der Waals surface area contributed by atoms with Gasteiger partial charge in [-0.15, -0.1) is 0 Å². The van der Waals surface area contributed by atoms with E-state index in [-0.39, 0.29) is 5.43 Å². The normalized spacial score (nSPS) is 13.3. The molecule has 0 atom stereocenters. The number of fused-ring (bicyclic) bond motifs is 2. The smallest absolute Gasteiger partial charge is 0.204 e. The number of benzene rings is 1. The number of nitrogens with one attached hydrogen (secondary N) is 1. The fourth-order valence-electron chi connectivity index (χ4n) is 2.93. The summed E-state index contributed by atoms with van der Waals surface area (Å²) in [6.07, 6.45) is 2.74. The molecule has 0 unspecified atom stereocenters. The number of hydrogen-bond donors (Lipinski definition) is 1. The highest BCUT2D eigenvalue weighted by molar-refractivity contribution is 5.91. The number of ether oxygens (including phenoxy) is 3. The molecule has 0 fully saturated rings. The number of hydrogen-bond acceptors (Lipinski definition) is 4. The Bertz CT molecular complexity index is 733. The summed E-state index contributed by atoms with van der Waals surface area (Å²) in [6, 6.07) is 1.79. The number of H-pyrrole nitrogens is 1. The third-order valence-electron chi connectivity index (χ3n) is 3.83. The minimum absolute atomic E-state index is 0.0315. The van der Waals surface area contributed by atoms with E-state index in [1.807, 2.05) is 0 Å². The largest absolute Gasteiger partial charge is 0.493 e. The Hall–Kier alpha value is -2.17. The van der Waals surface area contributed by atoms with Crippen LogP contribution in [0.3, 0.4) is 0 Å². The second-order valence-corrected chi connectivity index (χ2v) is 4.83. The molecule has 5 heteroatoms. The summed E-state index contributed by atoms with van der Waals surface area (Å²) in [4.78, 5) is 16.0. The van der Waals surface area contributed by atoms with Crippen molar-refractivity contribution in [3.05, 3.63) is 27.5 Å². The molecule has 1 N–H and O–H groups in total. The maximum Gasteiger partial charge on any atom is 0.204 e. The number of aromatic amines is 1. The van der Waals surface area contributed by atoms with E-state index in [0.717, 1.165) is 36.0 Å². The van der Waals surface area contributed by atoms with E-state index in [1.54, 1.807) is 13.2 Å². The van der Waals surface area contributed by atoms with Crippen molar-refractivity contribution in [1.82, 2.24) is 4.98 Å². The Morgan fingerprint density at radius 2 is 1.80 bits per heavy atom. The fraction of sp³-hybridized carbons (Fsp3) is 0.400. The minimum atomic E-state index is 0.0315. The number of rotatable bonds is 3. The van der Waals surface area contributed by atoms with E-state index in [2.05, 4.69) is 4.98 Å². The van der Waals surface area contributed by atoms with Gasteiger partial charge in [0.15, 0.2) is 16.9 Å². The van der Waals surface area contributed by atoms with Gasteiger partial charge in [-0.1, -0.05) is 0 Å². The molecule has 0 aliphatic heterocycles. The van der Waals surface area contributed by atoms with E-state index >= 15 is 0 Å². The van der Waals surface area contributed by atoms with Crippen molar-refractivity contribution in [1.29, 1.82) is 0 Å². The van der Waals surface area contributed by atoms with Crippen molar-refractivity contribution in [2.45, 2.75) is 19.3 Å². The average Bonchev–Trinajstić information content (AvgIpc) is 2.93. The zero-order valence-corrected chi connectivity index (χ0v) is 11.8. The maximum absolute atomic E-state index is 12.7. The standard InChI is InChI=1S/C15H17NO4/c1-18-11-7-10-12(15(20-3)14(11)19-2)13(17)8-5-4-6-9(8)16-10/h7H,4-6H2,1-3H3,(H,16,17). The third kappa shape index (κ3) is 1.66. The summed E-state index contributed by atoms with van der Waals surface area (Å²) < 4.78 is 16.1. The molecule has 0 radical (unpaired) electrons. The van der Waals surface area contributed by atoms with Crippen LogP contribution >= 0.6 is 0 Å². The molecule has 20 heavy (non-hydrogen) atoms. The van der Waals surface area contributed by atoms with Gasteiger partial charge in [0, 0.05) is 17.3 Å². The van der Waals surface area contributed by atoms with Gasteiger partial charge in [-0.05, 0) is 19.3 Å². The lowest BCUT2D eigenvalue weighted by Gasteiger charge is -2.15. The molecule has 0 saturated carbocycles. The molecule has 0 amide bonds. The average molecular weight is 275 g/mol. The van der Waals surface area contributed by atoms with E-state index in [1.165, 1.54) is 14.2 Å². The number of pyridine rings is 1. The van der Waals surface area contributed by atoms with Crippen LogP contribution in [0.25, 0.3) is 10.9 Å². The lowest BCUT2D eigenvalue weighted by Crippen LogP contribution is -2.12. The maximum atomic E-state index is 12.7. The lowest BCUT2D eigenvalue weighted by atomic mass is 10.1. The predicted octanol–water partition coefficient (Wildman–Crippen LogP) is 2.04. The van der Waals surface area contributed by atoms with Crippen LogP contribution in [-0.4, -0.2) is 26.3 Å². The van der Waals surface area contributed by atoms with Gasteiger partial charge in [-0.2, -0.15) is 0 Å². The molecular formula is C15H17NO4. The zero-order valence-electron chi connectivity index (χ0n) is 11.8. The first-order valence-corrected chi connectivity index (χ1v) is 6.58. The lowest BCUT2D eigenvalue weighted by molar-refractivity contribution is 0.327. The van der Waals surface area contributed by atoms with E-state index in [9.17, 15) is 4.79 Å². The van der Waals surface area contributed by atoms with Crippen molar-refractivity contribution in [2.24, 2.45) is 0 Å². The van der Waals surface area contributed by atoms with Crippen LogP contribution in [0.2, 0.25) is 0 Å². The van der Waals surface area contributed by atoms with Gasteiger partial charge < -0.3 is 19.2 Å². The number of aromatic nitrogens is 1. The molecule has 1 aromatic carbocycles. The summed E-state index contributed by atoms with van der Waals surface area (Å²) >= 11 is 0. The molecule has 3 rings (SSSR count). The summed E-state index contributed by atoms with van der Waals surface area (Å²) in [5.41, 5.74) is 2.65. The van der Waals surface area contributed by atoms with Gasteiger partial charge in [0.25, 0.3) is 0 Å². The molecule has 5 nitrogen and oxygen atoms in total. The first kappa shape index (κ1) is 12.8. The van der Waals surface area contributed by atoms with E-state index in [0.29, 0.717) is 22.6 Å². The minimum Gasteiger partial charge on any atom is -0.493 e. The molecule has 2 aromatic rings. The van der Waals surface area contributed by atoms with Crippen molar-refractivity contribution < 1.29 is 14.2 Å². The third-order valence-corrected chi connectivity index (χ3v) is 3.83. The first-order valence-electron chi connectivity index (χ1n) is 6.58. The molecular weight excluding hydrogens is 258 g/mol. The highest BCUT2D eigenvalue weighted by Gasteiger charge is 2.23. The van der Waals surface area contributed by atoms with E-state index < -0.39 is 0 Å². The monoisotopic (exact) mass is 275 g/mol. The Morgan fingerprint density at radius 3 is 2.45 bits per heavy atom. The molecule has 0 bridgehead atoms. The molecule has 1 heterocycles. The van der Waals surface area contributed by atoms with Crippen LogP contribution in [0.15, 0.2) is 10.9 Å². The Morgan fingerprint density at radius 1 is 1.05 bits per heavy atom. The van der Waals surface area contributed by atoms with Gasteiger partial charge >= 0.3 is 0 Å². The summed E-state index contributed by atoms with van der Waals surface area (Å²) in [5, 5.41) is 0.533. The summed E-state index contributed by atoms with van der Waals surface area (Å²) in [7, 11) is 4.63. The Kier molecular flexibility index (Phi) is 3.04. The SMILES string of the molecule is COc1cc2[nH]c3c(c(=O)c2c(OC)c1OC)CCC3. The highest BCUT2D eigenvalue weighted by atomic mass is 16.5. The second kappa shape index (κ2) is 4.74. The van der Waals surface area contributed by atoms with Crippen LogP contribution in [0.1, 0.15) is 17.7 Å². The first-order chi connectivity index (χ1) is 9.71. The second-order valence-electron chi connectivity index (χ2n) is 4.83. The highest BCUT2D eigenvalue weighted by Crippen LogP contribution is 2.42. The number of aryl methyl sites for hydroxylation is 1. The van der Waals surface area contributed by atoms with Crippen LogP contribution in [0.5, 0.6) is 17.2 Å². The molecule has 0 spiro atoms. The topological polar surface area (TPSA) is 60.6 Å². The van der Waals surface area contributed by atoms with Crippen LogP contribution < -0.4 is 19.6 Å². The molecule has 1 aromatic heterocycles. The predicted molar refractivity (Wildman–Crippen MR) is 76.2 cm³/mol. The Balaban J connectivity index is 2.46. The van der Waals surface area contributed by atoms with Crippen LogP contribution in [0.4, 0.5) is 0 Å². The van der Waals surface area contributed by atoms with E-state index in [4.69, 9.17) is 14.2 Å². The van der Waals surface area contributed by atoms with Crippen LogP contribution in [0, 0.1) is 0 Å². The molecule has 1 aliphatic rings. The summed E-state index contributed by atoms with van der Waals surface area (Å²) in [6.45, 7) is 0. The quantitative estimate of drug-likeness (QED) is 0.931. The van der Waals surface area contributed by atoms with Crippen molar-refractivity contribution in [3.63, 3.8) is 0 Å². The van der Waals surface area contributed by atoms with Gasteiger partial charge in [0.2, 0.25) is 5.75 Å².